The van der Waals surface area contributed by atoms with E-state index in [1.54, 1.807) is 12.1 Å². The number of benzene rings is 1. The van der Waals surface area contributed by atoms with Crippen LogP contribution in [0.5, 0.6) is 11.5 Å². The highest BCUT2D eigenvalue weighted by molar-refractivity contribution is 6.34. The van der Waals surface area contributed by atoms with E-state index in [2.05, 4.69) is 20.8 Å². The van der Waals surface area contributed by atoms with Gasteiger partial charge in [-0.2, -0.15) is 4.98 Å². The predicted molar refractivity (Wildman–Crippen MR) is 122 cm³/mol. The Morgan fingerprint density at radius 2 is 1.76 bits per heavy atom. The molecule has 1 fully saturated rings. The number of amides is 2. The smallest absolute Gasteiger partial charge is 0.227 e. The third-order valence-corrected chi connectivity index (χ3v) is 6.26. The summed E-state index contributed by atoms with van der Waals surface area (Å²) >= 11 is 6.31. The molecule has 0 spiro atoms. The SMILES string of the molecule is CC(=O)NC1(c2noc(CCC(=O)Nc3cc4c(cc3Cl)OCCCO4)n2)CCCCCC1. The first-order valence-corrected chi connectivity index (χ1v) is 11.8. The van der Waals surface area contributed by atoms with Gasteiger partial charge in [0.25, 0.3) is 0 Å². The van der Waals surface area contributed by atoms with Crippen LogP contribution in [-0.4, -0.2) is 35.2 Å². The molecule has 2 aliphatic rings. The number of fused-ring (bicyclic) bond motifs is 1. The number of halogens is 1. The van der Waals surface area contributed by atoms with Crippen molar-refractivity contribution in [1.29, 1.82) is 0 Å². The Balaban J connectivity index is 1.39. The summed E-state index contributed by atoms with van der Waals surface area (Å²) in [5.41, 5.74) is -0.149. The number of hydrogen-bond acceptors (Lipinski definition) is 7. The number of carbonyl (C=O) groups is 2. The Kier molecular flexibility index (Phi) is 7.37. The van der Waals surface area contributed by atoms with Gasteiger partial charge in [-0.25, -0.2) is 0 Å². The Bertz CT molecular complexity index is 1000. The van der Waals surface area contributed by atoms with E-state index in [-0.39, 0.29) is 24.7 Å². The average Bonchev–Trinajstić information content (AvgIpc) is 2.98. The fourth-order valence-corrected chi connectivity index (χ4v) is 4.54. The van der Waals surface area contributed by atoms with E-state index in [1.165, 1.54) is 6.92 Å². The molecule has 2 heterocycles. The number of nitrogens with one attached hydrogen (secondary N) is 2. The second-order valence-electron chi connectivity index (χ2n) is 8.57. The Labute approximate surface area is 197 Å². The quantitative estimate of drug-likeness (QED) is 0.602. The second-order valence-corrected chi connectivity index (χ2v) is 8.97. The van der Waals surface area contributed by atoms with Crippen LogP contribution in [-0.2, 0) is 21.5 Å². The lowest BCUT2D eigenvalue weighted by atomic mass is 9.89. The van der Waals surface area contributed by atoms with Gasteiger partial charge in [-0.1, -0.05) is 42.4 Å². The summed E-state index contributed by atoms with van der Waals surface area (Å²) in [4.78, 5) is 28.9. The van der Waals surface area contributed by atoms with Gasteiger partial charge in [-0.05, 0) is 12.8 Å². The van der Waals surface area contributed by atoms with Gasteiger partial charge in [0, 0.05) is 38.3 Å². The molecule has 2 amide bonds. The molecule has 4 rings (SSSR count). The maximum Gasteiger partial charge on any atom is 0.227 e. The monoisotopic (exact) mass is 476 g/mol. The summed E-state index contributed by atoms with van der Waals surface area (Å²) in [5.74, 6) is 1.62. The third kappa shape index (κ3) is 5.76. The highest BCUT2D eigenvalue weighted by Gasteiger charge is 2.38. The lowest BCUT2D eigenvalue weighted by Crippen LogP contribution is -2.45. The van der Waals surface area contributed by atoms with E-state index in [4.69, 9.17) is 25.6 Å². The summed E-state index contributed by atoms with van der Waals surface area (Å²) in [6, 6.07) is 3.32. The van der Waals surface area contributed by atoms with Crippen molar-refractivity contribution < 1.29 is 23.6 Å². The zero-order valence-corrected chi connectivity index (χ0v) is 19.5. The van der Waals surface area contributed by atoms with Gasteiger partial charge < -0.3 is 24.6 Å². The topological polar surface area (TPSA) is 116 Å². The predicted octanol–water partition coefficient (Wildman–Crippen LogP) is 4.14. The van der Waals surface area contributed by atoms with Gasteiger partial charge in [-0.3, -0.25) is 9.59 Å². The zero-order valence-electron chi connectivity index (χ0n) is 18.7. The molecule has 0 radical (unpaired) electrons. The van der Waals surface area contributed by atoms with Gasteiger partial charge in [-0.15, -0.1) is 0 Å². The summed E-state index contributed by atoms with van der Waals surface area (Å²) in [6.07, 6.45) is 6.96. The molecule has 178 valence electrons. The molecule has 1 saturated carbocycles. The van der Waals surface area contributed by atoms with Crippen molar-refractivity contribution in [3.63, 3.8) is 0 Å². The lowest BCUT2D eigenvalue weighted by Gasteiger charge is -2.30. The van der Waals surface area contributed by atoms with Gasteiger partial charge in [0.2, 0.25) is 17.7 Å². The van der Waals surface area contributed by atoms with E-state index < -0.39 is 5.54 Å². The van der Waals surface area contributed by atoms with Crippen LogP contribution in [0.4, 0.5) is 5.69 Å². The number of ether oxygens (including phenoxy) is 2. The molecule has 2 aromatic rings. The molecule has 9 nitrogen and oxygen atoms in total. The molecular formula is C23H29ClN4O5. The fraction of sp³-hybridized carbons (Fsp3) is 0.565. The molecule has 10 heteroatoms. The first-order valence-electron chi connectivity index (χ1n) is 11.5. The molecule has 33 heavy (non-hydrogen) atoms. The average molecular weight is 477 g/mol. The molecule has 0 saturated heterocycles. The largest absolute Gasteiger partial charge is 0.490 e. The standard InChI is InChI=1S/C23H29ClN4O5/c1-15(29)27-23(9-4-2-3-5-10-23)22-26-21(33-28-22)8-7-20(30)25-17-14-19-18(13-16(17)24)31-11-6-12-32-19/h13-14H,2-12H2,1H3,(H,25,30)(H,27,29). The molecule has 2 N–H and O–H groups in total. The summed E-state index contributed by atoms with van der Waals surface area (Å²) in [7, 11) is 0. The lowest BCUT2D eigenvalue weighted by molar-refractivity contribution is -0.121. The number of nitrogens with zero attached hydrogens (tertiary/aromatic N) is 2. The van der Waals surface area contributed by atoms with Crippen LogP contribution in [0.25, 0.3) is 0 Å². The number of anilines is 1. The number of carbonyl (C=O) groups excluding carboxylic acids is 2. The van der Waals surface area contributed by atoms with Crippen LogP contribution < -0.4 is 20.1 Å². The minimum absolute atomic E-state index is 0.116. The first kappa shape index (κ1) is 23.4. The van der Waals surface area contributed by atoms with Crippen LogP contribution in [0, 0.1) is 0 Å². The Hall–Kier alpha value is -2.81. The van der Waals surface area contributed by atoms with E-state index in [9.17, 15) is 9.59 Å². The van der Waals surface area contributed by atoms with Crippen LogP contribution in [0.2, 0.25) is 5.02 Å². The van der Waals surface area contributed by atoms with Crippen molar-refractivity contribution in [2.24, 2.45) is 0 Å². The molecule has 0 atom stereocenters. The third-order valence-electron chi connectivity index (χ3n) is 5.95. The number of aryl methyl sites for hydroxylation is 1. The second kappa shape index (κ2) is 10.4. The molecule has 0 unspecified atom stereocenters. The summed E-state index contributed by atoms with van der Waals surface area (Å²) < 4.78 is 16.7. The van der Waals surface area contributed by atoms with Gasteiger partial charge in [0.1, 0.15) is 5.54 Å². The minimum atomic E-state index is -0.607. The normalized spacial score (nSPS) is 17.5. The van der Waals surface area contributed by atoms with E-state index in [1.807, 2.05) is 0 Å². The maximum absolute atomic E-state index is 12.5. The van der Waals surface area contributed by atoms with Crippen LogP contribution in [0.1, 0.15) is 70.0 Å². The fourth-order valence-electron chi connectivity index (χ4n) is 4.34. The van der Waals surface area contributed by atoms with Crippen LogP contribution in [0.15, 0.2) is 16.7 Å². The molecule has 1 aliphatic heterocycles. The van der Waals surface area contributed by atoms with Gasteiger partial charge in [0.15, 0.2) is 17.3 Å². The molecule has 1 aliphatic carbocycles. The Morgan fingerprint density at radius 3 is 2.45 bits per heavy atom. The van der Waals surface area contributed by atoms with E-state index >= 15 is 0 Å². The molecular weight excluding hydrogens is 448 g/mol. The highest BCUT2D eigenvalue weighted by Crippen LogP contribution is 2.38. The van der Waals surface area contributed by atoms with Crippen molar-refractivity contribution in [3.05, 3.63) is 28.9 Å². The summed E-state index contributed by atoms with van der Waals surface area (Å²) in [6.45, 7) is 2.61. The van der Waals surface area contributed by atoms with Crippen molar-refractivity contribution in [2.75, 3.05) is 18.5 Å². The minimum Gasteiger partial charge on any atom is -0.490 e. The number of rotatable bonds is 6. The van der Waals surface area contributed by atoms with Crippen molar-refractivity contribution >= 4 is 29.1 Å². The zero-order chi connectivity index (χ0) is 23.3. The maximum atomic E-state index is 12.5. The molecule has 1 aromatic heterocycles. The summed E-state index contributed by atoms with van der Waals surface area (Å²) in [5, 5.41) is 10.4. The van der Waals surface area contributed by atoms with Gasteiger partial charge >= 0.3 is 0 Å². The highest BCUT2D eigenvalue weighted by atomic mass is 35.5. The van der Waals surface area contributed by atoms with Crippen molar-refractivity contribution in [2.45, 2.75) is 70.3 Å². The first-order chi connectivity index (χ1) is 15.9. The Morgan fingerprint density at radius 1 is 1.06 bits per heavy atom. The molecule has 1 aromatic carbocycles. The van der Waals surface area contributed by atoms with Crippen LogP contribution in [0.3, 0.4) is 0 Å². The molecule has 0 bridgehead atoms. The number of aromatic nitrogens is 2. The van der Waals surface area contributed by atoms with E-state index in [0.29, 0.717) is 47.1 Å². The van der Waals surface area contributed by atoms with Gasteiger partial charge in [0.05, 0.1) is 23.9 Å². The van der Waals surface area contributed by atoms with E-state index in [0.717, 1.165) is 44.9 Å². The van der Waals surface area contributed by atoms with Crippen molar-refractivity contribution in [3.8, 4) is 11.5 Å². The number of hydrogen-bond donors (Lipinski definition) is 2. The van der Waals surface area contributed by atoms with Crippen molar-refractivity contribution in [1.82, 2.24) is 15.5 Å². The van der Waals surface area contributed by atoms with Crippen LogP contribution >= 0.6 is 11.6 Å².